The molecule has 3 nitrogen and oxygen atoms in total. The van der Waals surface area contributed by atoms with Gasteiger partial charge >= 0.3 is 0 Å². The van der Waals surface area contributed by atoms with E-state index in [4.69, 9.17) is 16.7 Å². The lowest BCUT2D eigenvalue weighted by Crippen LogP contribution is -2.27. The van der Waals surface area contributed by atoms with Gasteiger partial charge in [0.15, 0.2) is 0 Å². The van der Waals surface area contributed by atoms with E-state index in [-0.39, 0.29) is 12.0 Å². The van der Waals surface area contributed by atoms with E-state index in [1.807, 2.05) is 13.8 Å². The monoisotopic (exact) mass is 340 g/mol. The van der Waals surface area contributed by atoms with Gasteiger partial charge in [0, 0.05) is 24.8 Å². The molecule has 1 aromatic heterocycles. The molecule has 2 N–H and O–H groups in total. The van der Waals surface area contributed by atoms with Crippen LogP contribution in [-0.4, -0.2) is 23.2 Å². The number of anilines is 1. The highest BCUT2D eigenvalue weighted by molar-refractivity contribution is 14.1. The maximum absolute atomic E-state index is 9.12. The predicted octanol–water partition coefficient (Wildman–Crippen LogP) is 2.77. The van der Waals surface area contributed by atoms with Crippen molar-refractivity contribution in [3.05, 3.63) is 21.0 Å². The number of halogens is 2. The molecule has 0 aliphatic heterocycles. The molecule has 0 amide bonds. The van der Waals surface area contributed by atoms with Gasteiger partial charge in [-0.1, -0.05) is 25.4 Å². The molecular weight excluding hydrogens is 326 g/mol. The van der Waals surface area contributed by atoms with E-state index < -0.39 is 0 Å². The fourth-order valence-electron chi connectivity index (χ4n) is 0.939. The van der Waals surface area contributed by atoms with Crippen LogP contribution in [0.25, 0.3) is 0 Å². The first kappa shape index (κ1) is 13.0. The SMILES string of the molecule is CC(C)(CO)CNc1cc(Cl)ncc1I. The fraction of sp³-hybridized carbons (Fsp3) is 0.500. The lowest BCUT2D eigenvalue weighted by atomic mass is 9.95. The molecule has 0 aliphatic rings. The molecule has 0 saturated heterocycles. The molecule has 0 atom stereocenters. The molecule has 1 aromatic rings. The maximum Gasteiger partial charge on any atom is 0.131 e. The lowest BCUT2D eigenvalue weighted by Gasteiger charge is -2.23. The predicted molar refractivity (Wildman–Crippen MR) is 71.3 cm³/mol. The van der Waals surface area contributed by atoms with Crippen LogP contribution in [0.2, 0.25) is 5.15 Å². The van der Waals surface area contributed by atoms with Gasteiger partial charge in [0.25, 0.3) is 0 Å². The molecule has 0 aliphatic carbocycles. The maximum atomic E-state index is 9.12. The highest BCUT2D eigenvalue weighted by Gasteiger charge is 2.16. The molecule has 0 radical (unpaired) electrons. The highest BCUT2D eigenvalue weighted by atomic mass is 127. The Morgan fingerprint density at radius 3 is 2.87 bits per heavy atom. The first-order valence-corrected chi connectivity index (χ1v) is 6.06. The second kappa shape index (κ2) is 5.32. The number of hydrogen-bond acceptors (Lipinski definition) is 3. The van der Waals surface area contributed by atoms with Gasteiger partial charge < -0.3 is 10.4 Å². The molecule has 84 valence electrons. The summed E-state index contributed by atoms with van der Waals surface area (Å²) in [6.45, 7) is 4.83. The van der Waals surface area contributed by atoms with Crippen LogP contribution in [0.1, 0.15) is 13.8 Å². The van der Waals surface area contributed by atoms with Gasteiger partial charge in [-0.2, -0.15) is 0 Å². The largest absolute Gasteiger partial charge is 0.396 e. The summed E-state index contributed by atoms with van der Waals surface area (Å²) in [6, 6.07) is 1.79. The molecule has 0 unspecified atom stereocenters. The number of aliphatic hydroxyl groups excluding tert-OH is 1. The summed E-state index contributed by atoms with van der Waals surface area (Å²) in [7, 11) is 0. The average Bonchev–Trinajstić information content (AvgIpc) is 2.20. The summed E-state index contributed by atoms with van der Waals surface area (Å²) in [6.07, 6.45) is 1.72. The molecule has 0 aromatic carbocycles. The quantitative estimate of drug-likeness (QED) is 0.654. The Morgan fingerprint density at radius 1 is 1.60 bits per heavy atom. The molecular formula is C10H14ClIN2O. The first-order valence-electron chi connectivity index (χ1n) is 4.60. The van der Waals surface area contributed by atoms with Crippen molar-refractivity contribution >= 4 is 39.9 Å². The lowest BCUT2D eigenvalue weighted by molar-refractivity contribution is 0.171. The van der Waals surface area contributed by atoms with E-state index in [9.17, 15) is 0 Å². The van der Waals surface area contributed by atoms with Crippen LogP contribution in [0.3, 0.4) is 0 Å². The molecule has 1 rings (SSSR count). The molecule has 1 heterocycles. The van der Waals surface area contributed by atoms with E-state index in [2.05, 4.69) is 32.9 Å². The Labute approximate surface area is 108 Å². The van der Waals surface area contributed by atoms with Crippen molar-refractivity contribution in [1.29, 1.82) is 0 Å². The Bertz CT molecular complexity index is 344. The topological polar surface area (TPSA) is 45.1 Å². The van der Waals surface area contributed by atoms with Crippen LogP contribution in [0.5, 0.6) is 0 Å². The number of nitrogens with one attached hydrogen (secondary N) is 1. The molecule has 0 saturated carbocycles. The van der Waals surface area contributed by atoms with E-state index >= 15 is 0 Å². The Morgan fingerprint density at radius 2 is 2.27 bits per heavy atom. The zero-order chi connectivity index (χ0) is 11.5. The average molecular weight is 341 g/mol. The smallest absolute Gasteiger partial charge is 0.131 e. The normalized spacial score (nSPS) is 11.5. The molecule has 0 fully saturated rings. The zero-order valence-corrected chi connectivity index (χ0v) is 11.6. The van der Waals surface area contributed by atoms with E-state index in [1.54, 1.807) is 12.3 Å². The van der Waals surface area contributed by atoms with Crippen LogP contribution in [0, 0.1) is 8.99 Å². The second-order valence-corrected chi connectivity index (χ2v) is 5.71. The zero-order valence-electron chi connectivity index (χ0n) is 8.72. The van der Waals surface area contributed by atoms with Gasteiger partial charge in [-0.15, -0.1) is 0 Å². The van der Waals surface area contributed by atoms with Crippen molar-refractivity contribution in [3.8, 4) is 0 Å². The van der Waals surface area contributed by atoms with Gasteiger partial charge in [0.05, 0.1) is 9.26 Å². The highest BCUT2D eigenvalue weighted by Crippen LogP contribution is 2.22. The van der Waals surface area contributed by atoms with Crippen LogP contribution >= 0.6 is 34.2 Å². The van der Waals surface area contributed by atoms with Gasteiger partial charge in [-0.05, 0) is 28.7 Å². The second-order valence-electron chi connectivity index (χ2n) is 4.16. The number of pyridine rings is 1. The molecule has 15 heavy (non-hydrogen) atoms. The summed E-state index contributed by atoms with van der Waals surface area (Å²) < 4.78 is 1.02. The van der Waals surface area contributed by atoms with Crippen LogP contribution in [0.15, 0.2) is 12.3 Å². The number of hydrogen-bond donors (Lipinski definition) is 2. The third kappa shape index (κ3) is 4.12. The number of nitrogens with zero attached hydrogens (tertiary/aromatic N) is 1. The summed E-state index contributed by atoms with van der Waals surface area (Å²) in [5.41, 5.74) is 0.816. The van der Waals surface area contributed by atoms with Crippen molar-refractivity contribution in [2.24, 2.45) is 5.41 Å². The minimum absolute atomic E-state index is 0.140. The first-order chi connectivity index (χ1) is 6.94. The molecule has 0 spiro atoms. The van der Waals surface area contributed by atoms with Crippen molar-refractivity contribution in [1.82, 2.24) is 4.98 Å². The fourth-order valence-corrected chi connectivity index (χ4v) is 1.58. The number of rotatable bonds is 4. The third-order valence-corrected chi connectivity index (χ3v) is 3.07. The van der Waals surface area contributed by atoms with Gasteiger partial charge in [0.2, 0.25) is 0 Å². The third-order valence-electron chi connectivity index (χ3n) is 2.01. The number of aliphatic hydroxyl groups is 1. The Balaban J connectivity index is 2.69. The minimum Gasteiger partial charge on any atom is -0.396 e. The number of aromatic nitrogens is 1. The van der Waals surface area contributed by atoms with Crippen molar-refractivity contribution < 1.29 is 5.11 Å². The molecule has 0 bridgehead atoms. The van der Waals surface area contributed by atoms with Gasteiger partial charge in [0.1, 0.15) is 5.15 Å². The van der Waals surface area contributed by atoms with Crippen LogP contribution in [0.4, 0.5) is 5.69 Å². The van der Waals surface area contributed by atoms with Gasteiger partial charge in [-0.3, -0.25) is 0 Å². The van der Waals surface area contributed by atoms with Crippen molar-refractivity contribution in [3.63, 3.8) is 0 Å². The van der Waals surface area contributed by atoms with Crippen LogP contribution < -0.4 is 5.32 Å². The summed E-state index contributed by atoms with van der Waals surface area (Å²) in [5, 5.41) is 12.8. The van der Waals surface area contributed by atoms with E-state index in [1.165, 1.54) is 0 Å². The minimum atomic E-state index is -0.140. The summed E-state index contributed by atoms with van der Waals surface area (Å²) in [5.74, 6) is 0. The van der Waals surface area contributed by atoms with Crippen molar-refractivity contribution in [2.45, 2.75) is 13.8 Å². The standard InChI is InChI=1S/C10H14ClIN2O/c1-10(2,6-15)5-14-8-3-9(11)13-4-7(8)12/h3-4,15H,5-6H2,1-2H3,(H,13,14). The molecule has 5 heteroatoms. The van der Waals surface area contributed by atoms with Crippen molar-refractivity contribution in [2.75, 3.05) is 18.5 Å². The Hall–Kier alpha value is -0.0700. The van der Waals surface area contributed by atoms with Gasteiger partial charge in [-0.25, -0.2) is 4.98 Å². The van der Waals surface area contributed by atoms with E-state index in [0.29, 0.717) is 11.7 Å². The van der Waals surface area contributed by atoms with E-state index in [0.717, 1.165) is 9.26 Å². The Kier molecular flexibility index (Phi) is 4.61. The summed E-state index contributed by atoms with van der Waals surface area (Å²) in [4.78, 5) is 3.97. The van der Waals surface area contributed by atoms with Crippen LogP contribution in [-0.2, 0) is 0 Å². The summed E-state index contributed by atoms with van der Waals surface area (Å²) >= 11 is 7.99.